The van der Waals surface area contributed by atoms with Crippen molar-refractivity contribution in [3.05, 3.63) is 62.8 Å². The lowest BCUT2D eigenvalue weighted by Gasteiger charge is -2.07. The molecule has 1 N–H and O–H groups in total. The predicted octanol–water partition coefficient (Wildman–Crippen LogP) is 0.969. The van der Waals surface area contributed by atoms with Crippen LogP contribution in [0.5, 0.6) is 0 Å². The molecular formula is C18H18FN5O3. The molecule has 8 nitrogen and oxygen atoms in total. The number of halogens is 1. The van der Waals surface area contributed by atoms with Crippen LogP contribution < -0.4 is 11.2 Å². The minimum Gasteiger partial charge on any atom is -0.396 e. The molecular weight excluding hydrogens is 353 g/mol. The Morgan fingerprint density at radius 3 is 2.67 bits per heavy atom. The molecule has 4 aromatic rings. The maximum absolute atomic E-state index is 14.3. The van der Waals surface area contributed by atoms with E-state index in [9.17, 15) is 14.0 Å². The van der Waals surface area contributed by atoms with Crippen molar-refractivity contribution in [3.63, 3.8) is 0 Å². The van der Waals surface area contributed by atoms with Gasteiger partial charge in [-0.15, -0.1) is 0 Å². The first kappa shape index (κ1) is 17.2. The van der Waals surface area contributed by atoms with Gasteiger partial charge in [0.2, 0.25) is 5.78 Å². The molecule has 4 rings (SSSR count). The van der Waals surface area contributed by atoms with E-state index in [2.05, 4.69) is 4.98 Å². The number of hydrogen-bond donors (Lipinski definition) is 1. The Morgan fingerprint density at radius 2 is 1.96 bits per heavy atom. The molecule has 0 saturated carbocycles. The Hall–Kier alpha value is -3.20. The summed E-state index contributed by atoms with van der Waals surface area (Å²) in [7, 11) is 1.53. The molecule has 1 aromatic carbocycles. The summed E-state index contributed by atoms with van der Waals surface area (Å²) < 4.78 is 19.9. The van der Waals surface area contributed by atoms with Gasteiger partial charge in [-0.25, -0.2) is 9.18 Å². The SMILES string of the molecule is Cc1cn2c3c(=O)n(CCCO)c(=O)n(C)c3nc2n1-c1ccccc1F. The van der Waals surface area contributed by atoms with Gasteiger partial charge in [-0.3, -0.25) is 22.9 Å². The van der Waals surface area contributed by atoms with E-state index in [4.69, 9.17) is 5.11 Å². The summed E-state index contributed by atoms with van der Waals surface area (Å²) in [6.45, 7) is 1.77. The van der Waals surface area contributed by atoms with Gasteiger partial charge in [0.05, 0.1) is 5.69 Å². The molecule has 0 spiro atoms. The standard InChI is InChI=1S/C18H18FN5O3/c1-11-10-23-14-15(21(2)18(27)22(16(14)26)8-5-9-25)20-17(23)24(11)13-7-4-3-6-12(13)19/h3-4,6-7,10,25H,5,8-9H2,1-2H3. The molecule has 3 aromatic heterocycles. The Kier molecular flexibility index (Phi) is 3.96. The van der Waals surface area contributed by atoms with Gasteiger partial charge in [0.15, 0.2) is 11.2 Å². The second-order valence-electron chi connectivity index (χ2n) is 6.39. The van der Waals surface area contributed by atoms with Crippen molar-refractivity contribution in [1.82, 2.24) is 23.1 Å². The summed E-state index contributed by atoms with van der Waals surface area (Å²) in [5.74, 6) is -0.0698. The summed E-state index contributed by atoms with van der Waals surface area (Å²) in [6, 6.07) is 6.29. The second-order valence-corrected chi connectivity index (χ2v) is 6.39. The monoisotopic (exact) mass is 371 g/mol. The van der Waals surface area contributed by atoms with Gasteiger partial charge < -0.3 is 5.11 Å². The van der Waals surface area contributed by atoms with Crippen LogP contribution in [0.2, 0.25) is 0 Å². The van der Waals surface area contributed by atoms with Crippen LogP contribution in [-0.2, 0) is 13.6 Å². The number of nitrogens with zero attached hydrogens (tertiary/aromatic N) is 5. The van der Waals surface area contributed by atoms with Gasteiger partial charge in [0, 0.05) is 32.1 Å². The van der Waals surface area contributed by atoms with E-state index in [0.717, 1.165) is 4.57 Å². The Balaban J connectivity index is 2.11. The Bertz CT molecular complexity index is 1290. The fourth-order valence-corrected chi connectivity index (χ4v) is 3.37. The molecule has 3 heterocycles. The van der Waals surface area contributed by atoms with Crippen LogP contribution in [0.3, 0.4) is 0 Å². The molecule has 0 bridgehead atoms. The number of imidazole rings is 2. The van der Waals surface area contributed by atoms with Gasteiger partial charge in [-0.1, -0.05) is 12.1 Å². The number of benzene rings is 1. The third-order valence-corrected chi connectivity index (χ3v) is 4.66. The lowest BCUT2D eigenvalue weighted by Crippen LogP contribution is -2.39. The molecule has 0 amide bonds. The molecule has 0 fully saturated rings. The summed E-state index contributed by atoms with van der Waals surface area (Å²) in [5.41, 5.74) is 0.481. The quantitative estimate of drug-likeness (QED) is 0.579. The number of aliphatic hydroxyl groups is 1. The average molecular weight is 371 g/mol. The number of aromatic nitrogens is 5. The fraction of sp³-hybridized carbons (Fsp3) is 0.278. The van der Waals surface area contributed by atoms with Crippen LogP contribution in [0.15, 0.2) is 40.1 Å². The topological polar surface area (TPSA) is 86.5 Å². The number of para-hydroxylation sites is 1. The molecule has 0 unspecified atom stereocenters. The first-order chi connectivity index (χ1) is 13.0. The maximum Gasteiger partial charge on any atom is 0.332 e. The van der Waals surface area contributed by atoms with Crippen molar-refractivity contribution in [2.45, 2.75) is 19.9 Å². The molecule has 0 radical (unpaired) electrons. The van der Waals surface area contributed by atoms with Gasteiger partial charge in [0.1, 0.15) is 5.82 Å². The molecule has 0 saturated heterocycles. The Morgan fingerprint density at radius 1 is 1.22 bits per heavy atom. The van der Waals surface area contributed by atoms with Crippen LogP contribution >= 0.6 is 0 Å². The van der Waals surface area contributed by atoms with Crippen LogP contribution in [0.4, 0.5) is 4.39 Å². The highest BCUT2D eigenvalue weighted by molar-refractivity contribution is 5.76. The minimum atomic E-state index is -0.504. The van der Waals surface area contributed by atoms with Crippen LogP contribution in [0.25, 0.3) is 22.6 Å². The summed E-state index contributed by atoms with van der Waals surface area (Å²) in [6.07, 6.45) is 1.98. The van der Waals surface area contributed by atoms with Crippen molar-refractivity contribution in [2.75, 3.05) is 6.61 Å². The molecule has 0 atom stereocenters. The predicted molar refractivity (Wildman–Crippen MR) is 97.9 cm³/mol. The smallest absolute Gasteiger partial charge is 0.332 e. The van der Waals surface area contributed by atoms with Gasteiger partial charge in [-0.2, -0.15) is 4.98 Å². The third kappa shape index (κ3) is 2.42. The van der Waals surface area contributed by atoms with E-state index in [-0.39, 0.29) is 30.7 Å². The third-order valence-electron chi connectivity index (χ3n) is 4.66. The number of aliphatic hydroxyl groups excluding tert-OH is 1. The molecule has 27 heavy (non-hydrogen) atoms. The highest BCUT2D eigenvalue weighted by Crippen LogP contribution is 2.22. The molecule has 140 valence electrons. The van der Waals surface area contributed by atoms with Gasteiger partial charge >= 0.3 is 5.69 Å². The molecule has 0 aliphatic rings. The lowest BCUT2D eigenvalue weighted by molar-refractivity contribution is 0.277. The Labute approximate surface area is 152 Å². The first-order valence-corrected chi connectivity index (χ1v) is 8.51. The van der Waals surface area contributed by atoms with Crippen molar-refractivity contribution in [1.29, 1.82) is 0 Å². The van der Waals surface area contributed by atoms with Crippen molar-refractivity contribution < 1.29 is 9.50 Å². The second kappa shape index (κ2) is 6.20. The average Bonchev–Trinajstić information content (AvgIpc) is 3.15. The van der Waals surface area contributed by atoms with Crippen molar-refractivity contribution in [3.8, 4) is 5.69 Å². The van der Waals surface area contributed by atoms with Crippen molar-refractivity contribution in [2.24, 2.45) is 7.05 Å². The summed E-state index contributed by atoms with van der Waals surface area (Å²) in [5, 5.41) is 9.03. The van der Waals surface area contributed by atoms with E-state index in [1.54, 1.807) is 40.3 Å². The van der Waals surface area contributed by atoms with E-state index in [0.29, 0.717) is 17.2 Å². The maximum atomic E-state index is 14.3. The zero-order valence-electron chi connectivity index (χ0n) is 14.9. The van der Waals surface area contributed by atoms with E-state index < -0.39 is 17.1 Å². The van der Waals surface area contributed by atoms with Gasteiger partial charge in [0.25, 0.3) is 5.56 Å². The van der Waals surface area contributed by atoms with Crippen LogP contribution in [-0.4, -0.2) is 34.8 Å². The van der Waals surface area contributed by atoms with Crippen molar-refractivity contribution >= 4 is 16.9 Å². The minimum absolute atomic E-state index is 0.109. The first-order valence-electron chi connectivity index (χ1n) is 8.51. The van der Waals surface area contributed by atoms with Crippen LogP contribution in [0, 0.1) is 12.7 Å². The molecule has 0 aliphatic carbocycles. The summed E-state index contributed by atoms with van der Waals surface area (Å²) in [4.78, 5) is 29.9. The zero-order chi connectivity index (χ0) is 19.3. The van der Waals surface area contributed by atoms with E-state index in [1.165, 1.54) is 17.7 Å². The normalized spacial score (nSPS) is 11.7. The zero-order valence-corrected chi connectivity index (χ0v) is 14.9. The highest BCUT2D eigenvalue weighted by Gasteiger charge is 2.21. The lowest BCUT2D eigenvalue weighted by atomic mass is 10.3. The van der Waals surface area contributed by atoms with Crippen LogP contribution in [0.1, 0.15) is 12.1 Å². The summed E-state index contributed by atoms with van der Waals surface area (Å²) >= 11 is 0. The molecule has 9 heteroatoms. The number of fused-ring (bicyclic) bond motifs is 3. The van der Waals surface area contributed by atoms with Gasteiger partial charge in [-0.05, 0) is 25.5 Å². The highest BCUT2D eigenvalue weighted by atomic mass is 19.1. The molecule has 0 aliphatic heterocycles. The number of rotatable bonds is 4. The number of aryl methyl sites for hydroxylation is 2. The van der Waals surface area contributed by atoms with E-state index >= 15 is 0 Å². The van der Waals surface area contributed by atoms with E-state index in [1.807, 2.05) is 0 Å². The fourth-order valence-electron chi connectivity index (χ4n) is 3.37. The largest absolute Gasteiger partial charge is 0.396 e. The number of hydrogen-bond acceptors (Lipinski definition) is 4.